The third-order valence-corrected chi connectivity index (χ3v) is 12.2. The zero-order valence-corrected chi connectivity index (χ0v) is 31.8. The molecule has 4 aromatic heterocycles. The van der Waals surface area contributed by atoms with Gasteiger partial charge in [-0.15, -0.1) is 0 Å². The molecule has 0 radical (unpaired) electrons. The van der Waals surface area contributed by atoms with E-state index in [9.17, 15) is 0 Å². The summed E-state index contributed by atoms with van der Waals surface area (Å²) in [4.78, 5) is 10.6. The predicted octanol–water partition coefficient (Wildman–Crippen LogP) is 13.7. The number of aromatic nitrogens is 5. The van der Waals surface area contributed by atoms with Gasteiger partial charge in [-0.3, -0.25) is 8.97 Å². The summed E-state index contributed by atoms with van der Waals surface area (Å²) in [6.45, 7) is 0. The predicted molar refractivity (Wildman–Crippen MR) is 245 cm³/mol. The van der Waals surface area contributed by atoms with Crippen molar-refractivity contribution in [2.24, 2.45) is 0 Å². The number of hydrogen-bond donors (Lipinski definition) is 0. The lowest BCUT2D eigenvalue weighted by Gasteiger charge is -2.13. The molecule has 0 aliphatic heterocycles. The molecule has 13 aromatic rings. The molecule has 0 atom stereocenters. The number of para-hydroxylation sites is 4. The minimum atomic E-state index is 0.821. The molecule has 0 fully saturated rings. The average molecular weight is 752 g/mol. The molecule has 0 saturated heterocycles. The molecule has 0 unspecified atom stereocenters. The molecule has 0 bridgehead atoms. The summed E-state index contributed by atoms with van der Waals surface area (Å²) in [6, 6.07) is 72.0. The van der Waals surface area contributed by atoms with Crippen LogP contribution in [0, 0.1) is 0 Å². The summed E-state index contributed by atoms with van der Waals surface area (Å²) in [7, 11) is 0. The zero-order valence-electron chi connectivity index (χ0n) is 31.8. The van der Waals surface area contributed by atoms with Gasteiger partial charge < -0.3 is 4.57 Å². The highest BCUT2D eigenvalue weighted by molar-refractivity contribution is 6.22. The second-order valence-electron chi connectivity index (χ2n) is 15.4. The molecule has 13 rings (SSSR count). The maximum absolute atomic E-state index is 5.42. The van der Waals surface area contributed by atoms with Crippen LogP contribution >= 0.6 is 0 Å². The lowest BCUT2D eigenvalue weighted by Crippen LogP contribution is -2.06. The first kappa shape index (κ1) is 32.1. The number of benzene rings is 9. The second kappa shape index (κ2) is 12.2. The summed E-state index contributed by atoms with van der Waals surface area (Å²) in [5, 5.41) is 8.32. The van der Waals surface area contributed by atoms with Crippen molar-refractivity contribution < 1.29 is 0 Å². The summed E-state index contributed by atoms with van der Waals surface area (Å²) in [5.41, 5.74) is 14.3. The Bertz CT molecular complexity index is 3830. The van der Waals surface area contributed by atoms with Crippen LogP contribution in [-0.4, -0.2) is 23.5 Å². The van der Waals surface area contributed by atoms with Gasteiger partial charge in [0.1, 0.15) is 5.65 Å². The molecule has 0 aliphatic carbocycles. The van der Waals surface area contributed by atoms with Crippen LogP contribution in [0.15, 0.2) is 200 Å². The van der Waals surface area contributed by atoms with Crippen LogP contribution in [-0.2, 0) is 0 Å². The Morgan fingerprint density at radius 1 is 0.322 bits per heavy atom. The summed E-state index contributed by atoms with van der Waals surface area (Å²) in [5.74, 6) is 0.821. The molecular weight excluding hydrogens is 719 g/mol. The highest BCUT2D eigenvalue weighted by Crippen LogP contribution is 2.41. The van der Waals surface area contributed by atoms with Crippen LogP contribution < -0.4 is 0 Å². The minimum Gasteiger partial charge on any atom is -0.309 e. The Balaban J connectivity index is 1.04. The van der Waals surface area contributed by atoms with Crippen LogP contribution in [0.1, 0.15) is 0 Å². The van der Waals surface area contributed by atoms with Crippen molar-refractivity contribution in [3.05, 3.63) is 200 Å². The van der Waals surface area contributed by atoms with Crippen LogP contribution in [0.2, 0.25) is 0 Å². The SMILES string of the molecule is c1ccc(-c2ccc(-n3c4ccccc4c4cc(-c5ccc6c(c5)c5c7ccccc7ccc5n6-c5nc6ccccc6c6nc7ccccc7n56)ccc43)cc2)cc1. The van der Waals surface area contributed by atoms with Crippen molar-refractivity contribution in [1.82, 2.24) is 23.5 Å². The van der Waals surface area contributed by atoms with Gasteiger partial charge in [-0.25, -0.2) is 9.97 Å². The highest BCUT2D eigenvalue weighted by atomic mass is 15.2. The second-order valence-corrected chi connectivity index (χ2v) is 15.4. The maximum atomic E-state index is 5.42. The van der Waals surface area contributed by atoms with E-state index in [1.54, 1.807) is 0 Å². The fourth-order valence-electron chi connectivity index (χ4n) is 9.53. The van der Waals surface area contributed by atoms with Gasteiger partial charge in [-0.1, -0.05) is 127 Å². The van der Waals surface area contributed by atoms with E-state index in [4.69, 9.17) is 9.97 Å². The van der Waals surface area contributed by atoms with E-state index >= 15 is 0 Å². The van der Waals surface area contributed by atoms with Gasteiger partial charge in [0.05, 0.1) is 38.6 Å². The minimum absolute atomic E-state index is 0.821. The lowest BCUT2D eigenvalue weighted by molar-refractivity contribution is 0.980. The summed E-state index contributed by atoms with van der Waals surface area (Å²) < 4.78 is 6.97. The van der Waals surface area contributed by atoms with Crippen LogP contribution in [0.25, 0.3) is 116 Å². The standard InChI is InChI=1S/C54H33N5/c1-2-12-34(13-3-1)35-22-27-39(28-23-35)57-47-20-10-7-16-41(47)43-32-37(25-29-48(43)57)38-26-30-49-44(33-38)52-40-15-5-4-14-36(40)24-31-51(52)58(49)54-56-45-18-8-6-17-42(45)53-55-46-19-9-11-21-50(46)59(53)54/h1-33H. The molecule has 4 heterocycles. The fraction of sp³-hybridized carbons (Fsp3) is 0. The van der Waals surface area contributed by atoms with E-state index < -0.39 is 0 Å². The van der Waals surface area contributed by atoms with Gasteiger partial charge in [0.15, 0.2) is 0 Å². The van der Waals surface area contributed by atoms with E-state index in [1.807, 2.05) is 0 Å². The quantitative estimate of drug-likeness (QED) is 0.180. The van der Waals surface area contributed by atoms with Gasteiger partial charge >= 0.3 is 0 Å². The van der Waals surface area contributed by atoms with Crippen molar-refractivity contribution in [2.75, 3.05) is 0 Å². The van der Waals surface area contributed by atoms with E-state index in [0.29, 0.717) is 0 Å². The van der Waals surface area contributed by atoms with Crippen molar-refractivity contribution in [1.29, 1.82) is 0 Å². The van der Waals surface area contributed by atoms with Crippen molar-refractivity contribution in [3.8, 4) is 33.9 Å². The average Bonchev–Trinajstić information content (AvgIpc) is 3.97. The molecule has 9 aromatic carbocycles. The Morgan fingerprint density at radius 3 is 1.71 bits per heavy atom. The van der Waals surface area contributed by atoms with E-state index in [1.165, 1.54) is 65.6 Å². The van der Waals surface area contributed by atoms with Crippen LogP contribution in [0.3, 0.4) is 0 Å². The maximum Gasteiger partial charge on any atom is 0.221 e. The lowest BCUT2D eigenvalue weighted by atomic mass is 9.99. The Labute approximate surface area is 338 Å². The van der Waals surface area contributed by atoms with Gasteiger partial charge in [-0.05, 0) is 106 Å². The normalized spacial score (nSPS) is 12.1. The third-order valence-electron chi connectivity index (χ3n) is 12.2. The topological polar surface area (TPSA) is 40.0 Å². The van der Waals surface area contributed by atoms with Gasteiger partial charge in [-0.2, -0.15) is 0 Å². The largest absolute Gasteiger partial charge is 0.309 e. The first-order valence-corrected chi connectivity index (χ1v) is 20.1. The third kappa shape index (κ3) is 4.67. The molecule has 0 N–H and O–H groups in total. The monoisotopic (exact) mass is 751 g/mol. The molecular formula is C54H33N5. The molecule has 5 heteroatoms. The number of hydrogen-bond acceptors (Lipinski definition) is 2. The van der Waals surface area contributed by atoms with Crippen molar-refractivity contribution in [3.63, 3.8) is 0 Å². The first-order valence-electron chi connectivity index (χ1n) is 20.1. The number of fused-ring (bicyclic) bond motifs is 13. The van der Waals surface area contributed by atoms with E-state index in [2.05, 4.69) is 214 Å². The fourth-order valence-corrected chi connectivity index (χ4v) is 9.53. The summed E-state index contributed by atoms with van der Waals surface area (Å²) >= 11 is 0. The van der Waals surface area contributed by atoms with Crippen LogP contribution in [0.4, 0.5) is 0 Å². The Morgan fingerprint density at radius 2 is 0.898 bits per heavy atom. The van der Waals surface area contributed by atoms with Gasteiger partial charge in [0, 0.05) is 32.6 Å². The smallest absolute Gasteiger partial charge is 0.221 e. The Hall–Kier alpha value is -8.02. The zero-order chi connectivity index (χ0) is 38.6. The summed E-state index contributed by atoms with van der Waals surface area (Å²) in [6.07, 6.45) is 0. The van der Waals surface area contributed by atoms with Gasteiger partial charge in [0.2, 0.25) is 5.95 Å². The van der Waals surface area contributed by atoms with Crippen LogP contribution in [0.5, 0.6) is 0 Å². The Kier molecular flexibility index (Phi) is 6.66. The van der Waals surface area contributed by atoms with Gasteiger partial charge in [0.25, 0.3) is 0 Å². The molecule has 5 nitrogen and oxygen atoms in total. The molecule has 59 heavy (non-hydrogen) atoms. The molecule has 0 aliphatic rings. The number of rotatable bonds is 4. The van der Waals surface area contributed by atoms with E-state index in [0.717, 1.165) is 50.3 Å². The molecule has 274 valence electrons. The molecule has 0 amide bonds. The van der Waals surface area contributed by atoms with Crippen molar-refractivity contribution >= 4 is 82.0 Å². The number of nitrogens with zero attached hydrogens (tertiary/aromatic N) is 5. The van der Waals surface area contributed by atoms with E-state index in [-0.39, 0.29) is 0 Å². The highest BCUT2D eigenvalue weighted by Gasteiger charge is 2.22. The van der Waals surface area contributed by atoms with Crippen molar-refractivity contribution in [2.45, 2.75) is 0 Å². The molecule has 0 spiro atoms. The first-order chi connectivity index (χ1) is 29.3. The number of imidazole rings is 1. The molecule has 0 saturated carbocycles.